The van der Waals surface area contributed by atoms with Crippen LogP contribution in [0.1, 0.15) is 19.4 Å². The Bertz CT molecular complexity index is 918. The average molecular weight is 369 g/mol. The van der Waals surface area contributed by atoms with Gasteiger partial charge in [-0.1, -0.05) is 37.3 Å². The molecule has 3 aromatic rings. The van der Waals surface area contributed by atoms with Gasteiger partial charge in [0, 0.05) is 23.4 Å². The SMILES string of the molecule is COc1cc2c(NCC(C)(Cc3ccccc3)C(C)O)ncnc2cc1F. The Kier molecular flexibility index (Phi) is 5.56. The van der Waals surface area contributed by atoms with Gasteiger partial charge in [0.15, 0.2) is 11.6 Å². The lowest BCUT2D eigenvalue weighted by molar-refractivity contribution is 0.0619. The van der Waals surface area contributed by atoms with Gasteiger partial charge in [0.05, 0.1) is 18.7 Å². The van der Waals surface area contributed by atoms with E-state index in [4.69, 9.17) is 4.74 Å². The van der Waals surface area contributed by atoms with Gasteiger partial charge in [-0.05, 0) is 25.0 Å². The van der Waals surface area contributed by atoms with Crippen LogP contribution in [0.3, 0.4) is 0 Å². The second-order valence-corrected chi connectivity index (χ2v) is 7.07. The predicted molar refractivity (Wildman–Crippen MR) is 104 cm³/mol. The number of aliphatic hydroxyl groups is 1. The van der Waals surface area contributed by atoms with Crippen molar-refractivity contribution < 1.29 is 14.2 Å². The molecule has 2 aromatic carbocycles. The summed E-state index contributed by atoms with van der Waals surface area (Å²) in [6.45, 7) is 4.31. The molecule has 0 radical (unpaired) electrons. The molecule has 6 heteroatoms. The molecule has 0 aliphatic carbocycles. The molecule has 0 bridgehead atoms. The molecule has 0 saturated carbocycles. The molecule has 0 aliphatic heterocycles. The summed E-state index contributed by atoms with van der Waals surface area (Å²) in [6.07, 6.45) is 1.57. The average Bonchev–Trinajstić information content (AvgIpc) is 2.66. The molecule has 3 rings (SSSR count). The van der Waals surface area contributed by atoms with Gasteiger partial charge in [-0.15, -0.1) is 0 Å². The summed E-state index contributed by atoms with van der Waals surface area (Å²) in [5.41, 5.74) is 1.23. The van der Waals surface area contributed by atoms with Gasteiger partial charge in [-0.2, -0.15) is 0 Å². The molecule has 0 saturated heterocycles. The number of aromatic nitrogens is 2. The number of nitrogens with zero attached hydrogens (tertiary/aromatic N) is 2. The van der Waals surface area contributed by atoms with Crippen molar-refractivity contribution in [3.05, 3.63) is 60.2 Å². The number of hydrogen-bond acceptors (Lipinski definition) is 5. The summed E-state index contributed by atoms with van der Waals surface area (Å²) in [7, 11) is 1.42. The van der Waals surface area contributed by atoms with E-state index in [9.17, 15) is 9.50 Å². The lowest BCUT2D eigenvalue weighted by Gasteiger charge is -2.33. The van der Waals surface area contributed by atoms with Crippen molar-refractivity contribution in [3.8, 4) is 5.75 Å². The van der Waals surface area contributed by atoms with E-state index >= 15 is 0 Å². The zero-order valence-electron chi connectivity index (χ0n) is 15.7. The molecule has 2 N–H and O–H groups in total. The third kappa shape index (κ3) is 4.17. The van der Waals surface area contributed by atoms with Crippen molar-refractivity contribution in [1.82, 2.24) is 9.97 Å². The summed E-state index contributed by atoms with van der Waals surface area (Å²) in [5, 5.41) is 14.4. The first-order valence-corrected chi connectivity index (χ1v) is 8.87. The molecule has 2 atom stereocenters. The molecular weight excluding hydrogens is 345 g/mol. The number of ether oxygens (including phenoxy) is 1. The van der Waals surface area contributed by atoms with Crippen LogP contribution in [-0.2, 0) is 6.42 Å². The number of rotatable bonds is 7. The Morgan fingerprint density at radius 2 is 1.96 bits per heavy atom. The zero-order chi connectivity index (χ0) is 19.4. The van der Waals surface area contributed by atoms with Crippen LogP contribution in [0, 0.1) is 11.2 Å². The smallest absolute Gasteiger partial charge is 0.167 e. The van der Waals surface area contributed by atoms with Gasteiger partial charge < -0.3 is 15.2 Å². The van der Waals surface area contributed by atoms with Crippen molar-refractivity contribution in [1.29, 1.82) is 0 Å². The summed E-state index contributed by atoms with van der Waals surface area (Å²) in [5.74, 6) is 0.258. The van der Waals surface area contributed by atoms with Crippen LogP contribution in [0.5, 0.6) is 5.75 Å². The van der Waals surface area contributed by atoms with E-state index < -0.39 is 17.3 Å². The Hall–Kier alpha value is -2.73. The van der Waals surface area contributed by atoms with E-state index in [1.165, 1.54) is 19.5 Å². The van der Waals surface area contributed by atoms with Crippen molar-refractivity contribution >= 4 is 16.7 Å². The zero-order valence-corrected chi connectivity index (χ0v) is 15.7. The van der Waals surface area contributed by atoms with Crippen LogP contribution in [-0.4, -0.2) is 34.8 Å². The van der Waals surface area contributed by atoms with Crippen molar-refractivity contribution in [3.63, 3.8) is 0 Å². The molecule has 142 valence electrons. The van der Waals surface area contributed by atoms with Crippen LogP contribution < -0.4 is 10.1 Å². The first-order chi connectivity index (χ1) is 12.9. The van der Waals surface area contributed by atoms with E-state index in [0.717, 1.165) is 5.56 Å². The maximum absolute atomic E-state index is 13.9. The highest BCUT2D eigenvalue weighted by Crippen LogP contribution is 2.30. The fourth-order valence-electron chi connectivity index (χ4n) is 3.06. The minimum atomic E-state index is -0.537. The maximum Gasteiger partial charge on any atom is 0.167 e. The van der Waals surface area contributed by atoms with Crippen molar-refractivity contribution in [2.75, 3.05) is 19.0 Å². The van der Waals surface area contributed by atoms with E-state index in [0.29, 0.717) is 29.7 Å². The minimum absolute atomic E-state index is 0.142. The second-order valence-electron chi connectivity index (χ2n) is 7.07. The normalized spacial score (nSPS) is 14.6. The molecule has 1 aromatic heterocycles. The Balaban J connectivity index is 1.87. The lowest BCUT2D eigenvalue weighted by Crippen LogP contribution is -2.39. The number of nitrogens with one attached hydrogen (secondary N) is 1. The van der Waals surface area contributed by atoms with Gasteiger partial charge in [-0.3, -0.25) is 0 Å². The summed E-state index contributed by atoms with van der Waals surface area (Å²) < 4.78 is 19.0. The Morgan fingerprint density at radius 1 is 1.22 bits per heavy atom. The Morgan fingerprint density at radius 3 is 2.63 bits per heavy atom. The number of benzene rings is 2. The molecule has 5 nitrogen and oxygen atoms in total. The largest absolute Gasteiger partial charge is 0.494 e. The van der Waals surface area contributed by atoms with Gasteiger partial charge in [0.2, 0.25) is 0 Å². The standard InChI is InChI=1S/C21H24FN3O2/c1-14(26)21(2,11-15-7-5-4-6-8-15)12-23-20-16-9-19(27-3)17(22)10-18(16)24-13-25-20/h4-10,13-14,26H,11-12H2,1-3H3,(H,23,24,25). The number of anilines is 1. The second kappa shape index (κ2) is 7.88. The molecule has 27 heavy (non-hydrogen) atoms. The summed E-state index contributed by atoms with van der Waals surface area (Å²) in [6, 6.07) is 13.0. The highest BCUT2D eigenvalue weighted by molar-refractivity contribution is 5.90. The number of hydrogen-bond donors (Lipinski definition) is 2. The molecule has 0 fully saturated rings. The van der Waals surface area contributed by atoms with Crippen LogP contribution in [0.2, 0.25) is 0 Å². The topological polar surface area (TPSA) is 67.3 Å². The fraction of sp³-hybridized carbons (Fsp3) is 0.333. The first-order valence-electron chi connectivity index (χ1n) is 8.87. The lowest BCUT2D eigenvalue weighted by atomic mass is 9.79. The van der Waals surface area contributed by atoms with E-state index in [1.54, 1.807) is 13.0 Å². The predicted octanol–water partition coefficient (Wildman–Crippen LogP) is 3.82. The highest BCUT2D eigenvalue weighted by atomic mass is 19.1. The molecule has 0 spiro atoms. The van der Waals surface area contributed by atoms with Crippen molar-refractivity contribution in [2.45, 2.75) is 26.4 Å². The van der Waals surface area contributed by atoms with Gasteiger partial charge in [0.25, 0.3) is 0 Å². The van der Waals surface area contributed by atoms with Crippen LogP contribution >= 0.6 is 0 Å². The number of halogens is 1. The number of methoxy groups -OCH3 is 1. The maximum atomic E-state index is 13.9. The van der Waals surface area contributed by atoms with E-state index in [2.05, 4.69) is 15.3 Å². The van der Waals surface area contributed by atoms with Gasteiger partial charge in [-0.25, -0.2) is 14.4 Å². The highest BCUT2D eigenvalue weighted by Gasteiger charge is 2.30. The number of aliphatic hydroxyl groups excluding tert-OH is 1. The molecular formula is C21H24FN3O2. The molecule has 2 unspecified atom stereocenters. The monoisotopic (exact) mass is 369 g/mol. The van der Waals surface area contributed by atoms with Gasteiger partial charge in [0.1, 0.15) is 12.1 Å². The fourth-order valence-corrected chi connectivity index (χ4v) is 3.06. The van der Waals surface area contributed by atoms with E-state index in [-0.39, 0.29) is 5.75 Å². The minimum Gasteiger partial charge on any atom is -0.494 e. The number of fused-ring (bicyclic) bond motifs is 1. The molecule has 1 heterocycles. The van der Waals surface area contributed by atoms with Gasteiger partial charge >= 0.3 is 0 Å². The van der Waals surface area contributed by atoms with E-state index in [1.807, 2.05) is 37.3 Å². The first kappa shape index (κ1) is 19.0. The van der Waals surface area contributed by atoms with Crippen LogP contribution in [0.25, 0.3) is 10.9 Å². The summed E-state index contributed by atoms with van der Waals surface area (Å²) >= 11 is 0. The molecule has 0 amide bonds. The quantitative estimate of drug-likeness (QED) is 0.663. The molecule has 0 aliphatic rings. The van der Waals surface area contributed by atoms with Crippen LogP contribution in [0.15, 0.2) is 48.8 Å². The third-order valence-corrected chi connectivity index (χ3v) is 5.03. The van der Waals surface area contributed by atoms with Crippen molar-refractivity contribution in [2.24, 2.45) is 5.41 Å². The Labute approximate surface area is 158 Å². The third-order valence-electron chi connectivity index (χ3n) is 5.03. The van der Waals surface area contributed by atoms with Crippen LogP contribution in [0.4, 0.5) is 10.2 Å². The summed E-state index contributed by atoms with van der Waals surface area (Å²) in [4.78, 5) is 8.43.